The summed E-state index contributed by atoms with van der Waals surface area (Å²) in [6.45, 7) is 1.35. The predicted octanol–water partition coefficient (Wildman–Crippen LogP) is 1.94. The van der Waals surface area contributed by atoms with E-state index >= 15 is 0 Å². The molecule has 16 heavy (non-hydrogen) atoms. The Kier molecular flexibility index (Phi) is 6.11. The van der Waals surface area contributed by atoms with Gasteiger partial charge in [0.05, 0.1) is 13.7 Å². The quantitative estimate of drug-likeness (QED) is 0.741. The van der Waals surface area contributed by atoms with Gasteiger partial charge in [-0.25, -0.2) is 0 Å². The lowest BCUT2D eigenvalue weighted by molar-refractivity contribution is 0.313. The van der Waals surface area contributed by atoms with Crippen molar-refractivity contribution in [3.63, 3.8) is 0 Å². The van der Waals surface area contributed by atoms with Crippen LogP contribution in [0.25, 0.3) is 0 Å². The first-order chi connectivity index (χ1) is 7.81. The molecule has 0 spiro atoms. The normalized spacial score (nSPS) is 10.2. The molecule has 1 aromatic carbocycles. The van der Waals surface area contributed by atoms with E-state index in [4.69, 9.17) is 15.2 Å². The summed E-state index contributed by atoms with van der Waals surface area (Å²) >= 11 is 1.76. The first-order valence-corrected chi connectivity index (χ1v) is 6.70. The van der Waals surface area contributed by atoms with Gasteiger partial charge >= 0.3 is 0 Å². The van der Waals surface area contributed by atoms with Crippen molar-refractivity contribution >= 4 is 11.8 Å². The monoisotopic (exact) mass is 241 g/mol. The zero-order chi connectivity index (χ0) is 11.8. The fourth-order valence-electron chi connectivity index (χ4n) is 1.39. The Morgan fingerprint density at radius 1 is 1.31 bits per heavy atom. The van der Waals surface area contributed by atoms with E-state index < -0.39 is 0 Å². The van der Waals surface area contributed by atoms with Gasteiger partial charge in [-0.3, -0.25) is 0 Å². The van der Waals surface area contributed by atoms with Crippen LogP contribution in [0.15, 0.2) is 18.2 Å². The van der Waals surface area contributed by atoms with Crippen LogP contribution >= 0.6 is 11.8 Å². The number of hydrogen-bond acceptors (Lipinski definition) is 4. The van der Waals surface area contributed by atoms with Gasteiger partial charge in [0.2, 0.25) is 0 Å². The molecule has 0 heterocycles. The summed E-state index contributed by atoms with van der Waals surface area (Å²) in [7, 11) is 1.66. The van der Waals surface area contributed by atoms with E-state index in [1.54, 1.807) is 18.9 Å². The summed E-state index contributed by atoms with van der Waals surface area (Å²) in [5, 5.41) is 0. The Balaban J connectivity index is 2.68. The smallest absolute Gasteiger partial charge is 0.161 e. The number of ether oxygens (including phenoxy) is 2. The van der Waals surface area contributed by atoms with Crippen molar-refractivity contribution < 1.29 is 9.47 Å². The molecule has 0 unspecified atom stereocenters. The fraction of sp³-hybridized carbons (Fsp3) is 0.500. The number of benzene rings is 1. The predicted molar refractivity (Wildman–Crippen MR) is 69.6 cm³/mol. The lowest BCUT2D eigenvalue weighted by Gasteiger charge is -2.11. The van der Waals surface area contributed by atoms with E-state index in [0.717, 1.165) is 23.7 Å². The highest BCUT2D eigenvalue weighted by atomic mass is 32.2. The first-order valence-electron chi connectivity index (χ1n) is 5.30. The van der Waals surface area contributed by atoms with Crippen LogP contribution in [0.4, 0.5) is 0 Å². The maximum Gasteiger partial charge on any atom is 0.161 e. The van der Waals surface area contributed by atoms with E-state index in [1.807, 2.05) is 18.2 Å². The van der Waals surface area contributed by atoms with Gasteiger partial charge in [0.25, 0.3) is 0 Å². The third kappa shape index (κ3) is 3.94. The SMILES string of the molecule is COc1cc(CCN)ccc1OCCSC. The van der Waals surface area contributed by atoms with E-state index in [0.29, 0.717) is 13.2 Å². The van der Waals surface area contributed by atoms with Crippen molar-refractivity contribution in [1.82, 2.24) is 0 Å². The largest absolute Gasteiger partial charge is 0.493 e. The summed E-state index contributed by atoms with van der Waals surface area (Å²) in [6.07, 6.45) is 2.92. The van der Waals surface area contributed by atoms with Crippen LogP contribution in [-0.4, -0.2) is 32.3 Å². The molecule has 0 aliphatic rings. The van der Waals surface area contributed by atoms with E-state index in [-0.39, 0.29) is 0 Å². The molecule has 0 aliphatic heterocycles. The molecule has 0 amide bonds. The average molecular weight is 241 g/mol. The van der Waals surface area contributed by atoms with Crippen molar-refractivity contribution in [2.24, 2.45) is 5.73 Å². The van der Waals surface area contributed by atoms with E-state index in [1.165, 1.54) is 5.56 Å². The van der Waals surface area contributed by atoms with Crippen LogP contribution in [0.2, 0.25) is 0 Å². The van der Waals surface area contributed by atoms with E-state index in [2.05, 4.69) is 6.26 Å². The van der Waals surface area contributed by atoms with Gasteiger partial charge < -0.3 is 15.2 Å². The fourth-order valence-corrected chi connectivity index (χ4v) is 1.64. The molecule has 0 bridgehead atoms. The number of methoxy groups -OCH3 is 1. The molecule has 4 heteroatoms. The molecular formula is C12H19NO2S. The minimum atomic E-state index is 0.649. The van der Waals surface area contributed by atoms with Crippen molar-refractivity contribution in [1.29, 1.82) is 0 Å². The topological polar surface area (TPSA) is 44.5 Å². The van der Waals surface area contributed by atoms with Gasteiger partial charge in [-0.2, -0.15) is 11.8 Å². The molecule has 1 rings (SSSR count). The van der Waals surface area contributed by atoms with Crippen molar-refractivity contribution in [3.8, 4) is 11.5 Å². The molecule has 1 aromatic rings. The van der Waals surface area contributed by atoms with Crippen LogP contribution < -0.4 is 15.2 Å². The number of nitrogens with two attached hydrogens (primary N) is 1. The molecule has 2 N–H and O–H groups in total. The van der Waals surface area contributed by atoms with Crippen LogP contribution in [0, 0.1) is 0 Å². The Bertz CT molecular complexity index is 318. The van der Waals surface area contributed by atoms with Crippen molar-refractivity contribution in [3.05, 3.63) is 23.8 Å². The standard InChI is InChI=1S/C12H19NO2S/c1-14-12-9-10(5-6-13)3-4-11(12)15-7-8-16-2/h3-4,9H,5-8,13H2,1-2H3. The van der Waals surface area contributed by atoms with Gasteiger partial charge in [-0.1, -0.05) is 6.07 Å². The molecule has 0 fully saturated rings. The zero-order valence-electron chi connectivity index (χ0n) is 9.86. The van der Waals surface area contributed by atoms with Crippen LogP contribution in [-0.2, 0) is 6.42 Å². The van der Waals surface area contributed by atoms with Gasteiger partial charge in [0.1, 0.15) is 0 Å². The Morgan fingerprint density at radius 3 is 2.75 bits per heavy atom. The van der Waals surface area contributed by atoms with Gasteiger partial charge in [-0.05, 0) is 36.9 Å². The number of hydrogen-bond donors (Lipinski definition) is 1. The molecule has 90 valence electrons. The summed E-state index contributed by atoms with van der Waals surface area (Å²) in [5.74, 6) is 2.57. The van der Waals surface area contributed by atoms with Crippen molar-refractivity contribution in [2.75, 3.05) is 32.3 Å². The van der Waals surface area contributed by atoms with Gasteiger partial charge in [0, 0.05) is 5.75 Å². The lowest BCUT2D eigenvalue weighted by atomic mass is 10.1. The minimum absolute atomic E-state index is 0.649. The molecule has 0 radical (unpaired) electrons. The third-order valence-electron chi connectivity index (χ3n) is 2.21. The molecule has 3 nitrogen and oxygen atoms in total. The number of rotatable bonds is 7. The van der Waals surface area contributed by atoms with Gasteiger partial charge in [-0.15, -0.1) is 0 Å². The second kappa shape index (κ2) is 7.41. The number of thioether (sulfide) groups is 1. The Morgan fingerprint density at radius 2 is 2.12 bits per heavy atom. The van der Waals surface area contributed by atoms with Crippen LogP contribution in [0.3, 0.4) is 0 Å². The van der Waals surface area contributed by atoms with Crippen LogP contribution in [0.5, 0.6) is 11.5 Å². The van der Waals surface area contributed by atoms with E-state index in [9.17, 15) is 0 Å². The zero-order valence-corrected chi connectivity index (χ0v) is 10.7. The molecule has 0 aliphatic carbocycles. The minimum Gasteiger partial charge on any atom is -0.493 e. The maximum atomic E-state index is 5.62. The molecule has 0 saturated carbocycles. The van der Waals surface area contributed by atoms with Crippen molar-refractivity contribution in [2.45, 2.75) is 6.42 Å². The third-order valence-corrected chi connectivity index (χ3v) is 2.78. The summed E-state index contributed by atoms with van der Waals surface area (Å²) in [4.78, 5) is 0. The average Bonchev–Trinajstić information content (AvgIpc) is 2.31. The molecule has 0 saturated heterocycles. The Labute approximate surface area is 101 Å². The second-order valence-corrected chi connectivity index (χ2v) is 4.35. The summed E-state index contributed by atoms with van der Waals surface area (Å²) in [5.41, 5.74) is 6.69. The highest BCUT2D eigenvalue weighted by Gasteiger charge is 2.05. The Hall–Kier alpha value is -0.870. The maximum absolute atomic E-state index is 5.62. The highest BCUT2D eigenvalue weighted by molar-refractivity contribution is 7.98. The molecule has 0 aromatic heterocycles. The lowest BCUT2D eigenvalue weighted by Crippen LogP contribution is -2.04. The first kappa shape index (κ1) is 13.2. The van der Waals surface area contributed by atoms with Gasteiger partial charge in [0.15, 0.2) is 11.5 Å². The van der Waals surface area contributed by atoms with Crippen LogP contribution in [0.1, 0.15) is 5.56 Å². The highest BCUT2D eigenvalue weighted by Crippen LogP contribution is 2.28. The summed E-state index contributed by atoms with van der Waals surface area (Å²) in [6, 6.07) is 5.97. The molecule has 0 atom stereocenters. The summed E-state index contributed by atoms with van der Waals surface area (Å²) < 4.78 is 10.9. The second-order valence-electron chi connectivity index (χ2n) is 3.37. The molecular weight excluding hydrogens is 222 g/mol.